The molecule has 0 aromatic heterocycles. The van der Waals surface area contributed by atoms with Gasteiger partial charge in [0.25, 0.3) is 0 Å². The molecule has 1 saturated heterocycles. The number of hydrogen-bond acceptors (Lipinski definition) is 4. The van der Waals surface area contributed by atoms with Gasteiger partial charge in [0.1, 0.15) is 0 Å². The molecule has 4 atom stereocenters. The summed E-state index contributed by atoms with van der Waals surface area (Å²) in [7, 11) is 2.32. The highest BCUT2D eigenvalue weighted by molar-refractivity contribution is 6.53. The minimum Gasteiger partial charge on any atom is -0.414 e. The first-order chi connectivity index (χ1) is 9.56. The summed E-state index contributed by atoms with van der Waals surface area (Å²) in [6.45, 7) is 7.29. The van der Waals surface area contributed by atoms with E-state index in [0.717, 1.165) is 25.3 Å². The summed E-state index contributed by atoms with van der Waals surface area (Å²) in [6, 6.07) is 1.15. The summed E-state index contributed by atoms with van der Waals surface area (Å²) < 4.78 is 23.5. The highest BCUT2D eigenvalue weighted by Crippen LogP contribution is 2.44. The average Bonchev–Trinajstić information content (AvgIpc) is 3.22. The molecule has 4 nitrogen and oxygen atoms in total. The average molecular weight is 302 g/mol. The Hall–Kier alpha value is 0.0569. The van der Waals surface area contributed by atoms with E-state index in [1.165, 1.54) is 0 Å². The number of ether oxygens (including phenoxy) is 3. The minimum absolute atomic E-state index is 0.375. The summed E-state index contributed by atoms with van der Waals surface area (Å²) in [6.07, 6.45) is 4.21. The van der Waals surface area contributed by atoms with Crippen LogP contribution in [0.2, 0.25) is 11.6 Å². The predicted molar refractivity (Wildman–Crippen MR) is 81.4 cm³/mol. The maximum atomic E-state index is 6.25. The number of hydrogen-bond donors (Lipinski definition) is 0. The molecular formula is C15H30O4Si. The van der Waals surface area contributed by atoms with Crippen molar-refractivity contribution in [3.8, 4) is 0 Å². The lowest BCUT2D eigenvalue weighted by Gasteiger charge is -2.40. The Morgan fingerprint density at radius 1 is 1.20 bits per heavy atom. The molecule has 1 aliphatic carbocycles. The SMILES string of the molecule is CC[SiH](OCC(OC)(OC)C1CCC2OC2C1)C(C)C. The minimum atomic E-state index is -1.16. The van der Waals surface area contributed by atoms with E-state index in [1.54, 1.807) is 14.2 Å². The van der Waals surface area contributed by atoms with Crippen molar-refractivity contribution in [1.29, 1.82) is 0 Å². The zero-order valence-electron chi connectivity index (χ0n) is 13.6. The maximum absolute atomic E-state index is 6.25. The summed E-state index contributed by atoms with van der Waals surface area (Å²) in [5.41, 5.74) is 0.647. The normalized spacial score (nSPS) is 31.2. The topological polar surface area (TPSA) is 40.2 Å². The zero-order chi connectivity index (χ0) is 14.8. The molecule has 4 unspecified atom stereocenters. The van der Waals surface area contributed by atoms with Crippen LogP contribution in [0.4, 0.5) is 0 Å². The van der Waals surface area contributed by atoms with Gasteiger partial charge in [0.05, 0.1) is 18.8 Å². The molecule has 2 aliphatic rings. The summed E-state index contributed by atoms with van der Waals surface area (Å²) in [5, 5.41) is 0. The third-order valence-corrected chi connectivity index (χ3v) is 7.85. The van der Waals surface area contributed by atoms with Crippen LogP contribution in [-0.4, -0.2) is 47.9 Å². The van der Waals surface area contributed by atoms with Crippen molar-refractivity contribution < 1.29 is 18.6 Å². The smallest absolute Gasteiger partial charge is 0.192 e. The Morgan fingerprint density at radius 2 is 1.90 bits per heavy atom. The van der Waals surface area contributed by atoms with Crippen LogP contribution in [0, 0.1) is 5.92 Å². The lowest BCUT2D eigenvalue weighted by molar-refractivity contribution is -0.258. The molecule has 0 amide bonds. The van der Waals surface area contributed by atoms with Crippen molar-refractivity contribution in [3.63, 3.8) is 0 Å². The fraction of sp³-hybridized carbons (Fsp3) is 1.00. The first kappa shape index (κ1) is 16.4. The lowest BCUT2D eigenvalue weighted by Crippen LogP contribution is -2.49. The molecule has 0 spiro atoms. The summed E-state index contributed by atoms with van der Waals surface area (Å²) in [5.74, 6) is -0.216. The van der Waals surface area contributed by atoms with Crippen molar-refractivity contribution in [2.24, 2.45) is 5.92 Å². The molecule has 2 rings (SSSR count). The van der Waals surface area contributed by atoms with Gasteiger partial charge in [-0.2, -0.15) is 0 Å². The van der Waals surface area contributed by atoms with E-state index >= 15 is 0 Å². The van der Waals surface area contributed by atoms with E-state index in [9.17, 15) is 0 Å². The van der Waals surface area contributed by atoms with Crippen LogP contribution < -0.4 is 0 Å². The second-order valence-corrected chi connectivity index (χ2v) is 10.0. The fourth-order valence-corrected chi connectivity index (χ4v) is 5.47. The van der Waals surface area contributed by atoms with Crippen molar-refractivity contribution in [2.45, 2.75) is 69.6 Å². The van der Waals surface area contributed by atoms with Crippen molar-refractivity contribution in [3.05, 3.63) is 0 Å². The Morgan fingerprint density at radius 3 is 2.40 bits per heavy atom. The van der Waals surface area contributed by atoms with Gasteiger partial charge in [0.2, 0.25) is 0 Å². The monoisotopic (exact) mass is 302 g/mol. The van der Waals surface area contributed by atoms with Crippen LogP contribution >= 0.6 is 0 Å². The molecule has 0 N–H and O–H groups in total. The van der Waals surface area contributed by atoms with Crippen LogP contribution in [0.25, 0.3) is 0 Å². The largest absolute Gasteiger partial charge is 0.414 e. The molecular weight excluding hydrogens is 272 g/mol. The first-order valence-electron chi connectivity index (χ1n) is 7.93. The van der Waals surface area contributed by atoms with E-state index in [4.69, 9.17) is 18.6 Å². The molecule has 5 heteroatoms. The molecule has 118 valence electrons. The van der Waals surface area contributed by atoms with Gasteiger partial charge in [-0.15, -0.1) is 0 Å². The second-order valence-electron chi connectivity index (χ2n) is 6.44. The Balaban J connectivity index is 1.96. The van der Waals surface area contributed by atoms with Crippen LogP contribution in [0.1, 0.15) is 40.0 Å². The van der Waals surface area contributed by atoms with Crippen molar-refractivity contribution in [1.82, 2.24) is 0 Å². The van der Waals surface area contributed by atoms with E-state index in [0.29, 0.717) is 30.3 Å². The predicted octanol–water partition coefficient (Wildman–Crippen LogP) is 2.71. The van der Waals surface area contributed by atoms with Gasteiger partial charge in [-0.3, -0.25) is 0 Å². The van der Waals surface area contributed by atoms with Gasteiger partial charge >= 0.3 is 0 Å². The Labute approximate surface area is 124 Å². The van der Waals surface area contributed by atoms with E-state index < -0.39 is 14.8 Å². The fourth-order valence-electron chi connectivity index (χ4n) is 3.46. The number of methoxy groups -OCH3 is 2. The van der Waals surface area contributed by atoms with Crippen molar-refractivity contribution in [2.75, 3.05) is 20.8 Å². The Kier molecular flexibility index (Phi) is 5.65. The zero-order valence-corrected chi connectivity index (χ0v) is 14.7. The highest BCUT2D eigenvalue weighted by atomic mass is 28.3. The standard InChI is InChI=1S/C15H30O4Si/c1-6-20(11(2)3)18-10-15(16-4,17-5)12-7-8-13-14(9-12)19-13/h11-14,20H,6-10H2,1-5H3. The van der Waals surface area contributed by atoms with Gasteiger partial charge in [0, 0.05) is 20.1 Å². The molecule has 0 radical (unpaired) electrons. The molecule has 0 aromatic rings. The Bertz CT molecular complexity index is 306. The number of rotatable bonds is 8. The van der Waals surface area contributed by atoms with Crippen LogP contribution in [0.5, 0.6) is 0 Å². The molecule has 0 bridgehead atoms. The maximum Gasteiger partial charge on any atom is 0.192 e. The van der Waals surface area contributed by atoms with Gasteiger partial charge < -0.3 is 18.6 Å². The van der Waals surface area contributed by atoms with Gasteiger partial charge in [-0.25, -0.2) is 0 Å². The van der Waals surface area contributed by atoms with Crippen LogP contribution in [-0.2, 0) is 18.6 Å². The summed E-state index contributed by atoms with van der Waals surface area (Å²) in [4.78, 5) is 0. The van der Waals surface area contributed by atoms with E-state index in [2.05, 4.69) is 20.8 Å². The first-order valence-corrected chi connectivity index (χ1v) is 9.89. The van der Waals surface area contributed by atoms with Gasteiger partial charge in [0.15, 0.2) is 14.8 Å². The van der Waals surface area contributed by atoms with Crippen molar-refractivity contribution >= 4 is 9.04 Å². The third kappa shape index (κ3) is 3.44. The molecule has 1 heterocycles. The molecule has 20 heavy (non-hydrogen) atoms. The molecule has 0 aromatic carbocycles. The van der Waals surface area contributed by atoms with E-state index in [1.807, 2.05) is 0 Å². The van der Waals surface area contributed by atoms with Gasteiger partial charge in [-0.1, -0.05) is 20.8 Å². The molecule has 1 aliphatic heterocycles. The number of epoxide rings is 1. The quantitative estimate of drug-likeness (QED) is 0.393. The summed E-state index contributed by atoms with van der Waals surface area (Å²) >= 11 is 0. The lowest BCUT2D eigenvalue weighted by atomic mass is 9.83. The van der Waals surface area contributed by atoms with Gasteiger partial charge in [-0.05, 0) is 30.8 Å². The van der Waals surface area contributed by atoms with E-state index in [-0.39, 0.29) is 0 Å². The third-order valence-electron chi connectivity index (χ3n) is 4.96. The molecule has 1 saturated carbocycles. The molecule has 2 fully saturated rings. The highest BCUT2D eigenvalue weighted by Gasteiger charge is 2.51. The number of fused-ring (bicyclic) bond motifs is 1. The van der Waals surface area contributed by atoms with Crippen LogP contribution in [0.3, 0.4) is 0 Å². The second kappa shape index (κ2) is 6.88. The van der Waals surface area contributed by atoms with Crippen LogP contribution in [0.15, 0.2) is 0 Å².